The van der Waals surface area contributed by atoms with Crippen LogP contribution in [0.4, 0.5) is 0 Å². The van der Waals surface area contributed by atoms with E-state index in [1.165, 1.54) is 6.20 Å². The quantitative estimate of drug-likeness (QED) is 0.808. The molecule has 0 bridgehead atoms. The summed E-state index contributed by atoms with van der Waals surface area (Å²) in [6, 6.07) is 0.314. The molecule has 1 aromatic rings. The summed E-state index contributed by atoms with van der Waals surface area (Å²) in [5.74, 6) is -0.874. The van der Waals surface area contributed by atoms with Crippen LogP contribution in [-0.4, -0.2) is 20.9 Å². The van der Waals surface area contributed by atoms with Gasteiger partial charge in [-0.25, -0.2) is 4.79 Å². The first-order chi connectivity index (χ1) is 7.65. The van der Waals surface area contributed by atoms with Crippen LogP contribution in [0, 0.1) is 0 Å². The zero-order chi connectivity index (χ0) is 12.1. The Balaban J connectivity index is 3.13. The van der Waals surface area contributed by atoms with E-state index < -0.39 is 5.97 Å². The standard InChI is InChI=1S/C12H20N2O2/c1-4-7-11-10(12(15)16)8-13-14(11)9(5-2)6-3/h8-9H,4-7H2,1-3H3,(H,15,16). The SMILES string of the molecule is CCCc1c(C(=O)O)cnn1C(CC)CC. The van der Waals surface area contributed by atoms with Gasteiger partial charge in [0, 0.05) is 0 Å². The molecule has 16 heavy (non-hydrogen) atoms. The molecular weight excluding hydrogens is 204 g/mol. The van der Waals surface area contributed by atoms with Gasteiger partial charge in [0.1, 0.15) is 5.56 Å². The van der Waals surface area contributed by atoms with Gasteiger partial charge in [0.25, 0.3) is 0 Å². The second-order valence-corrected chi connectivity index (χ2v) is 3.97. The third-order valence-electron chi connectivity index (χ3n) is 2.90. The van der Waals surface area contributed by atoms with Crippen LogP contribution in [0.2, 0.25) is 0 Å². The van der Waals surface area contributed by atoms with Gasteiger partial charge in [-0.2, -0.15) is 5.10 Å². The first kappa shape index (κ1) is 12.7. The molecule has 0 aliphatic rings. The van der Waals surface area contributed by atoms with E-state index >= 15 is 0 Å². The highest BCUT2D eigenvalue weighted by atomic mass is 16.4. The van der Waals surface area contributed by atoms with Crippen molar-refractivity contribution in [1.82, 2.24) is 9.78 Å². The van der Waals surface area contributed by atoms with E-state index in [0.29, 0.717) is 11.6 Å². The van der Waals surface area contributed by atoms with Crippen LogP contribution in [0.15, 0.2) is 6.20 Å². The van der Waals surface area contributed by atoms with E-state index in [4.69, 9.17) is 5.11 Å². The molecule has 0 fully saturated rings. The Morgan fingerprint density at radius 3 is 2.50 bits per heavy atom. The molecule has 0 aromatic carbocycles. The normalized spacial score (nSPS) is 11.0. The van der Waals surface area contributed by atoms with Crippen LogP contribution in [0.5, 0.6) is 0 Å². The van der Waals surface area contributed by atoms with Gasteiger partial charge in [-0.05, 0) is 19.3 Å². The van der Waals surface area contributed by atoms with Crippen molar-refractivity contribution in [2.24, 2.45) is 0 Å². The van der Waals surface area contributed by atoms with Crippen LogP contribution in [0.3, 0.4) is 0 Å². The molecule has 0 saturated heterocycles. The Kier molecular flexibility index (Phi) is 4.52. The minimum atomic E-state index is -0.874. The highest BCUT2D eigenvalue weighted by molar-refractivity contribution is 5.88. The van der Waals surface area contributed by atoms with Gasteiger partial charge in [0.05, 0.1) is 17.9 Å². The fourth-order valence-corrected chi connectivity index (χ4v) is 2.00. The summed E-state index contributed by atoms with van der Waals surface area (Å²) in [5, 5.41) is 13.3. The summed E-state index contributed by atoms with van der Waals surface area (Å²) < 4.78 is 1.90. The van der Waals surface area contributed by atoms with Crippen LogP contribution in [-0.2, 0) is 6.42 Å². The van der Waals surface area contributed by atoms with Crippen molar-refractivity contribution in [3.8, 4) is 0 Å². The highest BCUT2D eigenvalue weighted by Gasteiger charge is 2.19. The molecule has 90 valence electrons. The lowest BCUT2D eigenvalue weighted by Crippen LogP contribution is -2.13. The lowest BCUT2D eigenvalue weighted by Gasteiger charge is -2.16. The van der Waals surface area contributed by atoms with Crippen molar-refractivity contribution >= 4 is 5.97 Å². The molecule has 4 nitrogen and oxygen atoms in total. The van der Waals surface area contributed by atoms with E-state index in [2.05, 4.69) is 25.9 Å². The summed E-state index contributed by atoms with van der Waals surface area (Å²) >= 11 is 0. The van der Waals surface area contributed by atoms with Crippen molar-refractivity contribution in [2.45, 2.75) is 52.5 Å². The fraction of sp³-hybridized carbons (Fsp3) is 0.667. The monoisotopic (exact) mass is 224 g/mol. The Morgan fingerprint density at radius 1 is 1.44 bits per heavy atom. The third kappa shape index (κ3) is 2.43. The topological polar surface area (TPSA) is 55.1 Å². The maximum Gasteiger partial charge on any atom is 0.339 e. The zero-order valence-electron chi connectivity index (χ0n) is 10.2. The van der Waals surface area contributed by atoms with Crippen molar-refractivity contribution < 1.29 is 9.90 Å². The van der Waals surface area contributed by atoms with Crippen LogP contribution in [0.1, 0.15) is 62.1 Å². The predicted molar refractivity (Wildman–Crippen MR) is 62.8 cm³/mol. The second kappa shape index (κ2) is 5.68. The van der Waals surface area contributed by atoms with Crippen LogP contribution in [0.25, 0.3) is 0 Å². The molecule has 0 radical (unpaired) electrons. The van der Waals surface area contributed by atoms with Gasteiger partial charge in [-0.3, -0.25) is 4.68 Å². The molecule has 4 heteroatoms. The molecular formula is C12H20N2O2. The molecule has 0 amide bonds. The lowest BCUT2D eigenvalue weighted by atomic mass is 10.1. The number of carboxylic acid groups (broad SMARTS) is 1. The van der Waals surface area contributed by atoms with Gasteiger partial charge in [-0.1, -0.05) is 27.2 Å². The Bertz CT molecular complexity index is 354. The van der Waals surface area contributed by atoms with E-state index in [-0.39, 0.29) is 0 Å². The van der Waals surface area contributed by atoms with E-state index in [0.717, 1.165) is 31.4 Å². The fourth-order valence-electron chi connectivity index (χ4n) is 2.00. The summed E-state index contributed by atoms with van der Waals surface area (Å²) in [6.45, 7) is 6.26. The number of nitrogens with zero attached hydrogens (tertiary/aromatic N) is 2. The van der Waals surface area contributed by atoms with Gasteiger partial charge >= 0.3 is 5.97 Å². The molecule has 0 spiro atoms. The molecule has 1 aromatic heterocycles. The molecule has 1 heterocycles. The van der Waals surface area contributed by atoms with Crippen molar-refractivity contribution in [1.29, 1.82) is 0 Å². The lowest BCUT2D eigenvalue weighted by molar-refractivity contribution is 0.0695. The second-order valence-electron chi connectivity index (χ2n) is 3.97. The maximum absolute atomic E-state index is 11.1. The Morgan fingerprint density at radius 2 is 2.06 bits per heavy atom. The van der Waals surface area contributed by atoms with Gasteiger partial charge < -0.3 is 5.11 Å². The minimum absolute atomic E-state index is 0.314. The number of carboxylic acids is 1. The van der Waals surface area contributed by atoms with Crippen molar-refractivity contribution in [3.63, 3.8) is 0 Å². The number of aromatic carboxylic acids is 1. The van der Waals surface area contributed by atoms with E-state index in [1.54, 1.807) is 0 Å². The Labute approximate surface area is 96.3 Å². The molecule has 0 saturated carbocycles. The number of carbonyl (C=O) groups is 1. The number of aromatic nitrogens is 2. The third-order valence-corrected chi connectivity index (χ3v) is 2.90. The smallest absolute Gasteiger partial charge is 0.339 e. The van der Waals surface area contributed by atoms with Gasteiger partial charge in [-0.15, -0.1) is 0 Å². The van der Waals surface area contributed by atoms with Gasteiger partial charge in [0.15, 0.2) is 0 Å². The maximum atomic E-state index is 11.1. The average molecular weight is 224 g/mol. The largest absolute Gasteiger partial charge is 0.478 e. The zero-order valence-corrected chi connectivity index (χ0v) is 10.2. The summed E-state index contributed by atoms with van der Waals surface area (Å²) in [7, 11) is 0. The predicted octanol–water partition coefficient (Wildman–Crippen LogP) is 2.89. The van der Waals surface area contributed by atoms with Crippen molar-refractivity contribution in [2.75, 3.05) is 0 Å². The molecule has 0 aliphatic carbocycles. The van der Waals surface area contributed by atoms with Gasteiger partial charge in [0.2, 0.25) is 0 Å². The highest BCUT2D eigenvalue weighted by Crippen LogP contribution is 2.21. The average Bonchev–Trinajstić information content (AvgIpc) is 2.65. The molecule has 0 aliphatic heterocycles. The molecule has 1 rings (SSSR count). The van der Waals surface area contributed by atoms with Crippen LogP contribution < -0.4 is 0 Å². The summed E-state index contributed by atoms with van der Waals surface area (Å²) in [5.41, 5.74) is 1.22. The first-order valence-electron chi connectivity index (χ1n) is 5.95. The summed E-state index contributed by atoms with van der Waals surface area (Å²) in [4.78, 5) is 11.1. The van der Waals surface area contributed by atoms with Crippen LogP contribution >= 0.6 is 0 Å². The Hall–Kier alpha value is -1.32. The summed E-state index contributed by atoms with van der Waals surface area (Å²) in [6.07, 6.45) is 5.15. The number of hydrogen-bond donors (Lipinski definition) is 1. The van der Waals surface area contributed by atoms with Crippen molar-refractivity contribution in [3.05, 3.63) is 17.5 Å². The number of rotatable bonds is 6. The molecule has 0 atom stereocenters. The van der Waals surface area contributed by atoms with E-state index in [9.17, 15) is 4.79 Å². The minimum Gasteiger partial charge on any atom is -0.478 e. The molecule has 1 N–H and O–H groups in total. The number of hydrogen-bond acceptors (Lipinski definition) is 2. The first-order valence-corrected chi connectivity index (χ1v) is 5.95. The van der Waals surface area contributed by atoms with E-state index in [1.807, 2.05) is 4.68 Å². The molecule has 0 unspecified atom stereocenters.